The summed E-state index contributed by atoms with van der Waals surface area (Å²) in [6.07, 6.45) is 0.876. The van der Waals surface area contributed by atoms with Crippen molar-refractivity contribution in [2.75, 3.05) is 4.90 Å². The first-order valence-corrected chi connectivity index (χ1v) is 12.8. The summed E-state index contributed by atoms with van der Waals surface area (Å²) in [5, 5.41) is 10.8. The number of carbonyl (C=O) groups excluding carboxylic acids is 2. The lowest BCUT2D eigenvalue weighted by Gasteiger charge is -2.43. The molecule has 1 saturated heterocycles. The van der Waals surface area contributed by atoms with Crippen molar-refractivity contribution in [2.24, 2.45) is 29.6 Å². The van der Waals surface area contributed by atoms with E-state index in [4.69, 9.17) is 0 Å². The van der Waals surface area contributed by atoms with E-state index >= 15 is 0 Å². The number of carbonyl (C=O) groups is 2. The number of H-pyrrole nitrogens is 1. The Morgan fingerprint density at radius 2 is 1.61 bits per heavy atom. The number of thiazole rings is 1. The van der Waals surface area contributed by atoms with Gasteiger partial charge in [0.25, 0.3) is 0 Å². The van der Waals surface area contributed by atoms with Crippen molar-refractivity contribution in [3.05, 3.63) is 74.7 Å². The fourth-order valence-corrected chi connectivity index (χ4v) is 9.80. The van der Waals surface area contributed by atoms with Gasteiger partial charge in [0.05, 0.1) is 22.5 Å². The molecule has 4 aliphatic rings. The third-order valence-corrected chi connectivity index (χ3v) is 10.6. The Hall–Kier alpha value is -2.84. The van der Waals surface area contributed by atoms with E-state index in [1.807, 2.05) is 18.2 Å². The third kappa shape index (κ3) is 2.59. The van der Waals surface area contributed by atoms with E-state index in [9.17, 15) is 19.5 Å². The molecular formula is C25H20N2O4S2. The zero-order valence-corrected chi connectivity index (χ0v) is 19.0. The molecule has 0 unspecified atom stereocenters. The van der Waals surface area contributed by atoms with Gasteiger partial charge in [-0.15, -0.1) is 11.8 Å². The molecule has 3 heterocycles. The average Bonchev–Trinajstić information content (AvgIpc) is 3.54. The van der Waals surface area contributed by atoms with Gasteiger partial charge in [-0.3, -0.25) is 19.3 Å². The van der Waals surface area contributed by atoms with Gasteiger partial charge in [-0.25, -0.2) is 0 Å². The predicted octanol–water partition coefficient (Wildman–Crippen LogP) is 3.82. The number of phenols is 1. The van der Waals surface area contributed by atoms with Gasteiger partial charge in [0.1, 0.15) is 5.75 Å². The van der Waals surface area contributed by atoms with Crippen LogP contribution in [0.3, 0.4) is 0 Å². The monoisotopic (exact) mass is 476 g/mol. The second-order valence-electron chi connectivity index (χ2n) is 9.40. The molecule has 6 nitrogen and oxygen atoms in total. The average molecular weight is 477 g/mol. The highest BCUT2D eigenvalue weighted by atomic mass is 32.2. The first kappa shape index (κ1) is 19.6. The van der Waals surface area contributed by atoms with E-state index in [1.54, 1.807) is 23.9 Å². The van der Waals surface area contributed by atoms with Crippen LogP contribution in [0.2, 0.25) is 0 Å². The molecule has 166 valence electrons. The van der Waals surface area contributed by atoms with Crippen LogP contribution in [0, 0.1) is 29.6 Å². The number of hydrogen-bond donors (Lipinski definition) is 2. The fourth-order valence-electron chi connectivity index (χ4n) is 6.91. The van der Waals surface area contributed by atoms with E-state index in [2.05, 4.69) is 17.1 Å². The van der Waals surface area contributed by atoms with Gasteiger partial charge < -0.3 is 10.1 Å². The zero-order chi connectivity index (χ0) is 22.4. The van der Waals surface area contributed by atoms with Gasteiger partial charge in [-0.2, -0.15) is 0 Å². The predicted molar refractivity (Wildman–Crippen MR) is 126 cm³/mol. The molecular weight excluding hydrogens is 456 g/mol. The van der Waals surface area contributed by atoms with Gasteiger partial charge in [-0.05, 0) is 54.0 Å². The molecule has 2 aliphatic heterocycles. The zero-order valence-electron chi connectivity index (χ0n) is 17.4. The Balaban J connectivity index is 1.33. The van der Waals surface area contributed by atoms with Crippen LogP contribution in [0.4, 0.5) is 5.69 Å². The van der Waals surface area contributed by atoms with Crippen molar-refractivity contribution in [1.29, 1.82) is 0 Å². The maximum absolute atomic E-state index is 13.6. The van der Waals surface area contributed by atoms with Gasteiger partial charge in [0, 0.05) is 16.0 Å². The number of nitrogens with zero attached hydrogens (tertiary/aromatic N) is 1. The van der Waals surface area contributed by atoms with Crippen LogP contribution >= 0.6 is 23.1 Å². The van der Waals surface area contributed by atoms with E-state index in [1.165, 1.54) is 33.9 Å². The molecule has 0 radical (unpaired) electrons. The molecule has 7 rings (SSSR count). The largest absolute Gasteiger partial charge is 0.508 e. The molecule has 3 aromatic rings. The molecule has 2 amide bonds. The van der Waals surface area contributed by atoms with Crippen molar-refractivity contribution < 1.29 is 14.7 Å². The van der Waals surface area contributed by atoms with Gasteiger partial charge in [0.2, 0.25) is 11.8 Å². The number of rotatable bonds is 2. The van der Waals surface area contributed by atoms with Gasteiger partial charge in [-0.1, -0.05) is 41.7 Å². The summed E-state index contributed by atoms with van der Waals surface area (Å²) in [6.45, 7) is 0. The standard InChI is InChI=1S/C25H20N2O4S2/c28-13-8-6-12(7-9-13)27-23(29)18-14-10-15(19(18)24(27)30)20-17(14)16(11-4-2-1-3-5-11)21-22(32-20)26-25(31)33-21/h1-9,14-20,28H,10H2,(H,26,31)/t14-,15-,16-,17-,18+,19-,20-/m0/s1. The first-order valence-electron chi connectivity index (χ1n) is 11.1. The van der Waals surface area contributed by atoms with Crippen molar-refractivity contribution in [3.63, 3.8) is 0 Å². The molecule has 2 N–H and O–H groups in total. The normalized spacial score (nSPS) is 33.8. The third-order valence-electron chi connectivity index (χ3n) is 7.99. The second kappa shape index (κ2) is 6.84. The first-order chi connectivity index (χ1) is 16.0. The Morgan fingerprint density at radius 1 is 0.909 bits per heavy atom. The number of hydrogen-bond acceptors (Lipinski definition) is 6. The number of amides is 2. The summed E-state index contributed by atoms with van der Waals surface area (Å²) < 4.78 is 0. The highest BCUT2D eigenvalue weighted by Gasteiger charge is 2.69. The molecule has 1 aromatic heterocycles. The maximum Gasteiger partial charge on any atom is 0.305 e. The summed E-state index contributed by atoms with van der Waals surface area (Å²) in [5.41, 5.74) is 1.69. The van der Waals surface area contributed by atoms with Crippen LogP contribution in [0.1, 0.15) is 22.8 Å². The highest BCUT2D eigenvalue weighted by molar-refractivity contribution is 8.00. The van der Waals surface area contributed by atoms with Crippen molar-refractivity contribution in [3.8, 4) is 5.75 Å². The summed E-state index contributed by atoms with van der Waals surface area (Å²) >= 11 is 2.98. The van der Waals surface area contributed by atoms with E-state index in [0.717, 1.165) is 16.3 Å². The minimum atomic E-state index is -0.318. The van der Waals surface area contributed by atoms with Gasteiger partial charge in [0.15, 0.2) is 0 Å². The molecule has 8 heteroatoms. The highest BCUT2D eigenvalue weighted by Crippen LogP contribution is 2.68. The summed E-state index contributed by atoms with van der Waals surface area (Å²) in [7, 11) is 0. The Labute approximate surface area is 197 Å². The Morgan fingerprint density at radius 3 is 2.33 bits per heavy atom. The van der Waals surface area contributed by atoms with E-state index in [-0.39, 0.29) is 63.2 Å². The second-order valence-corrected chi connectivity index (χ2v) is 11.6. The SMILES string of the molecule is O=C1[C@@H]2[C@H]3C[C@H]([C@@H]4Sc5[nH]c(=O)sc5[C@@H](c5ccccc5)[C@H]34)[C@@H]2C(=O)N1c1ccc(O)cc1. The molecule has 33 heavy (non-hydrogen) atoms. The van der Waals surface area contributed by atoms with Crippen LogP contribution in [-0.4, -0.2) is 27.2 Å². The fraction of sp³-hybridized carbons (Fsp3) is 0.320. The number of phenolic OH excluding ortho intramolecular Hbond substituents is 1. The van der Waals surface area contributed by atoms with Crippen molar-refractivity contribution in [1.82, 2.24) is 4.98 Å². The molecule has 2 saturated carbocycles. The topological polar surface area (TPSA) is 90.5 Å². The minimum Gasteiger partial charge on any atom is -0.508 e. The van der Waals surface area contributed by atoms with E-state index in [0.29, 0.717) is 5.69 Å². The molecule has 2 bridgehead atoms. The number of aromatic amines is 1. The van der Waals surface area contributed by atoms with Crippen molar-refractivity contribution in [2.45, 2.75) is 22.6 Å². The number of anilines is 1. The summed E-state index contributed by atoms with van der Waals surface area (Å²) in [6, 6.07) is 16.5. The number of fused-ring (bicyclic) bond motifs is 9. The Kier molecular flexibility index (Phi) is 4.06. The Bertz CT molecular complexity index is 1350. The van der Waals surface area contributed by atoms with Crippen LogP contribution in [0.15, 0.2) is 64.4 Å². The number of benzene rings is 2. The number of aromatic nitrogens is 1. The molecule has 2 aliphatic carbocycles. The minimum absolute atomic E-state index is 0.0494. The molecule has 3 fully saturated rings. The van der Waals surface area contributed by atoms with Crippen LogP contribution < -0.4 is 9.77 Å². The molecule has 2 aromatic carbocycles. The smallest absolute Gasteiger partial charge is 0.305 e. The van der Waals surface area contributed by atoms with Crippen LogP contribution in [0.5, 0.6) is 5.75 Å². The van der Waals surface area contributed by atoms with Crippen molar-refractivity contribution >= 4 is 40.6 Å². The van der Waals surface area contributed by atoms with Crippen LogP contribution in [0.25, 0.3) is 0 Å². The lowest BCUT2D eigenvalue weighted by molar-refractivity contribution is -0.123. The molecule has 0 spiro atoms. The van der Waals surface area contributed by atoms with E-state index < -0.39 is 0 Å². The summed E-state index contributed by atoms with van der Waals surface area (Å²) in [5.74, 6) is -0.295. The summed E-state index contributed by atoms with van der Waals surface area (Å²) in [4.78, 5) is 44.8. The number of nitrogens with one attached hydrogen (secondary N) is 1. The quantitative estimate of drug-likeness (QED) is 0.549. The number of aromatic hydroxyl groups is 1. The van der Waals surface area contributed by atoms with Gasteiger partial charge >= 0.3 is 4.87 Å². The molecule has 7 atom stereocenters. The lowest BCUT2D eigenvalue weighted by atomic mass is 9.68. The maximum atomic E-state index is 13.6. The van der Waals surface area contributed by atoms with Crippen LogP contribution in [-0.2, 0) is 9.59 Å². The lowest BCUT2D eigenvalue weighted by Crippen LogP contribution is -2.42. The number of thioether (sulfide) groups is 1. The number of imide groups is 1.